The van der Waals surface area contributed by atoms with Gasteiger partial charge in [0.05, 0.1) is 12.5 Å². The first-order chi connectivity index (χ1) is 6.72. The van der Waals surface area contributed by atoms with Gasteiger partial charge in [0.2, 0.25) is 0 Å². The standard InChI is InChI=1S/C13H15N/c1-11-5-7-13(8-6-11)10-12(2)4-3-9-14/h4-8H,3,10H2,1-2H3. The topological polar surface area (TPSA) is 23.8 Å². The molecule has 0 atom stereocenters. The summed E-state index contributed by atoms with van der Waals surface area (Å²) in [4.78, 5) is 0. The number of allylic oxidation sites excluding steroid dienone is 2. The molecule has 1 nitrogen and oxygen atoms in total. The van der Waals surface area contributed by atoms with Crippen molar-refractivity contribution in [1.29, 1.82) is 5.26 Å². The molecule has 1 aromatic rings. The van der Waals surface area contributed by atoms with E-state index in [9.17, 15) is 0 Å². The Morgan fingerprint density at radius 1 is 1.36 bits per heavy atom. The van der Waals surface area contributed by atoms with Crippen LogP contribution in [0.4, 0.5) is 0 Å². The summed E-state index contributed by atoms with van der Waals surface area (Å²) in [7, 11) is 0. The molecule has 14 heavy (non-hydrogen) atoms. The molecule has 0 radical (unpaired) electrons. The van der Waals surface area contributed by atoms with Gasteiger partial charge < -0.3 is 0 Å². The first kappa shape index (κ1) is 10.5. The Hall–Kier alpha value is -1.55. The molecule has 0 spiro atoms. The van der Waals surface area contributed by atoms with Gasteiger partial charge >= 0.3 is 0 Å². The van der Waals surface area contributed by atoms with Gasteiger partial charge in [0.25, 0.3) is 0 Å². The zero-order valence-electron chi connectivity index (χ0n) is 8.75. The lowest BCUT2D eigenvalue weighted by Gasteiger charge is -2.01. The van der Waals surface area contributed by atoms with Crippen molar-refractivity contribution in [2.75, 3.05) is 0 Å². The van der Waals surface area contributed by atoms with Crippen LogP contribution < -0.4 is 0 Å². The van der Waals surface area contributed by atoms with Crippen molar-refractivity contribution in [1.82, 2.24) is 0 Å². The van der Waals surface area contributed by atoms with E-state index in [0.29, 0.717) is 6.42 Å². The van der Waals surface area contributed by atoms with E-state index in [-0.39, 0.29) is 0 Å². The summed E-state index contributed by atoms with van der Waals surface area (Å²) in [6.45, 7) is 4.15. The third-order valence-corrected chi connectivity index (χ3v) is 2.15. The molecular weight excluding hydrogens is 170 g/mol. The highest BCUT2D eigenvalue weighted by Crippen LogP contribution is 2.09. The number of nitrogens with zero attached hydrogens (tertiary/aromatic N) is 1. The molecular formula is C13H15N. The van der Waals surface area contributed by atoms with Crippen LogP contribution in [-0.2, 0) is 6.42 Å². The highest BCUT2D eigenvalue weighted by Gasteiger charge is 1.93. The molecule has 0 unspecified atom stereocenters. The molecule has 0 saturated carbocycles. The normalized spacial score (nSPS) is 11.1. The van der Waals surface area contributed by atoms with Gasteiger partial charge in [-0.1, -0.05) is 41.5 Å². The Morgan fingerprint density at radius 3 is 2.57 bits per heavy atom. The lowest BCUT2D eigenvalue weighted by molar-refractivity contribution is 1.11. The zero-order valence-corrected chi connectivity index (χ0v) is 8.75. The summed E-state index contributed by atoms with van der Waals surface area (Å²) in [5, 5.41) is 8.42. The fraction of sp³-hybridized carbons (Fsp3) is 0.308. The molecule has 0 aliphatic rings. The highest BCUT2D eigenvalue weighted by atomic mass is 14.2. The van der Waals surface area contributed by atoms with E-state index in [4.69, 9.17) is 5.26 Å². The SMILES string of the molecule is CC(=CCC#N)Cc1ccc(C)cc1. The van der Waals surface area contributed by atoms with Crippen LogP contribution in [0.25, 0.3) is 0 Å². The molecule has 0 heterocycles. The summed E-state index contributed by atoms with van der Waals surface area (Å²) < 4.78 is 0. The molecule has 0 aromatic heterocycles. The Balaban J connectivity index is 2.61. The van der Waals surface area contributed by atoms with E-state index >= 15 is 0 Å². The van der Waals surface area contributed by atoms with Crippen LogP contribution in [0.1, 0.15) is 24.5 Å². The molecule has 1 rings (SSSR count). The van der Waals surface area contributed by atoms with Crippen LogP contribution in [0.3, 0.4) is 0 Å². The van der Waals surface area contributed by atoms with Crippen molar-refractivity contribution < 1.29 is 0 Å². The second-order valence-corrected chi connectivity index (χ2v) is 3.58. The molecule has 1 aromatic carbocycles. The Labute approximate surface area is 85.7 Å². The predicted octanol–water partition coefficient (Wildman–Crippen LogP) is 3.40. The summed E-state index contributed by atoms with van der Waals surface area (Å²) >= 11 is 0. The first-order valence-electron chi connectivity index (χ1n) is 4.80. The molecule has 0 fully saturated rings. The molecule has 0 bridgehead atoms. The number of rotatable bonds is 3. The van der Waals surface area contributed by atoms with Gasteiger partial charge in [-0.3, -0.25) is 0 Å². The third-order valence-electron chi connectivity index (χ3n) is 2.15. The van der Waals surface area contributed by atoms with Crippen LogP contribution in [0, 0.1) is 18.3 Å². The maximum absolute atomic E-state index is 8.42. The minimum absolute atomic E-state index is 0.512. The molecule has 0 amide bonds. The first-order valence-corrected chi connectivity index (χ1v) is 4.80. The fourth-order valence-electron chi connectivity index (χ4n) is 1.32. The Kier molecular flexibility index (Phi) is 3.94. The van der Waals surface area contributed by atoms with E-state index in [1.807, 2.05) is 6.08 Å². The van der Waals surface area contributed by atoms with Crippen LogP contribution >= 0.6 is 0 Å². The number of hydrogen-bond acceptors (Lipinski definition) is 1. The monoisotopic (exact) mass is 185 g/mol. The molecule has 0 N–H and O–H groups in total. The van der Waals surface area contributed by atoms with Crippen LogP contribution in [0.5, 0.6) is 0 Å². The molecule has 72 valence electrons. The van der Waals surface area contributed by atoms with Gasteiger partial charge in [-0.25, -0.2) is 0 Å². The van der Waals surface area contributed by atoms with Gasteiger partial charge in [-0.15, -0.1) is 0 Å². The Bertz CT molecular complexity index is 352. The average molecular weight is 185 g/mol. The quantitative estimate of drug-likeness (QED) is 0.662. The zero-order chi connectivity index (χ0) is 10.4. The van der Waals surface area contributed by atoms with Gasteiger partial charge in [-0.05, 0) is 25.8 Å². The number of benzene rings is 1. The minimum Gasteiger partial charge on any atom is -0.198 e. The molecule has 0 aliphatic heterocycles. The van der Waals surface area contributed by atoms with E-state index in [0.717, 1.165) is 6.42 Å². The fourth-order valence-corrected chi connectivity index (χ4v) is 1.32. The number of aryl methyl sites for hydroxylation is 1. The predicted molar refractivity (Wildman–Crippen MR) is 58.9 cm³/mol. The lowest BCUT2D eigenvalue weighted by atomic mass is 10.0. The van der Waals surface area contributed by atoms with Gasteiger partial charge in [0, 0.05) is 0 Å². The lowest BCUT2D eigenvalue weighted by Crippen LogP contribution is -1.86. The smallest absolute Gasteiger partial charge is 0.0663 e. The minimum atomic E-state index is 0.512. The van der Waals surface area contributed by atoms with Crippen molar-refractivity contribution in [2.45, 2.75) is 26.7 Å². The third kappa shape index (κ3) is 3.45. The summed E-state index contributed by atoms with van der Waals surface area (Å²) in [5.41, 5.74) is 3.85. The highest BCUT2D eigenvalue weighted by molar-refractivity contribution is 5.25. The van der Waals surface area contributed by atoms with Crippen molar-refractivity contribution in [2.24, 2.45) is 0 Å². The van der Waals surface area contributed by atoms with Crippen LogP contribution in [-0.4, -0.2) is 0 Å². The summed E-state index contributed by atoms with van der Waals surface area (Å²) in [6, 6.07) is 10.6. The second-order valence-electron chi connectivity index (χ2n) is 3.58. The largest absolute Gasteiger partial charge is 0.198 e. The van der Waals surface area contributed by atoms with Crippen molar-refractivity contribution >= 4 is 0 Å². The second kappa shape index (κ2) is 5.24. The van der Waals surface area contributed by atoms with E-state index in [1.54, 1.807) is 0 Å². The maximum Gasteiger partial charge on any atom is 0.0663 e. The van der Waals surface area contributed by atoms with Gasteiger partial charge in [0.15, 0.2) is 0 Å². The van der Waals surface area contributed by atoms with Crippen molar-refractivity contribution in [3.63, 3.8) is 0 Å². The van der Waals surface area contributed by atoms with E-state index < -0.39 is 0 Å². The number of hydrogen-bond donors (Lipinski definition) is 0. The van der Waals surface area contributed by atoms with Crippen molar-refractivity contribution in [3.05, 3.63) is 47.0 Å². The molecule has 0 aliphatic carbocycles. The van der Waals surface area contributed by atoms with E-state index in [2.05, 4.69) is 44.2 Å². The number of nitriles is 1. The van der Waals surface area contributed by atoms with E-state index in [1.165, 1.54) is 16.7 Å². The summed E-state index contributed by atoms with van der Waals surface area (Å²) in [6.07, 6.45) is 3.44. The average Bonchev–Trinajstić information content (AvgIpc) is 2.18. The van der Waals surface area contributed by atoms with Crippen LogP contribution in [0.2, 0.25) is 0 Å². The van der Waals surface area contributed by atoms with Gasteiger partial charge in [0.1, 0.15) is 0 Å². The molecule has 0 saturated heterocycles. The summed E-state index contributed by atoms with van der Waals surface area (Å²) in [5.74, 6) is 0. The maximum atomic E-state index is 8.42. The molecule has 1 heteroatoms. The Morgan fingerprint density at radius 2 is 2.00 bits per heavy atom. The van der Waals surface area contributed by atoms with Gasteiger partial charge in [-0.2, -0.15) is 5.26 Å². The van der Waals surface area contributed by atoms with Crippen molar-refractivity contribution in [3.8, 4) is 6.07 Å². The van der Waals surface area contributed by atoms with Crippen LogP contribution in [0.15, 0.2) is 35.9 Å².